The fraction of sp³-hybridized carbons (Fsp3) is 0.417. The zero-order chi connectivity index (χ0) is 15.6. The second kappa shape index (κ2) is 6.04. The van der Waals surface area contributed by atoms with Gasteiger partial charge in [0.05, 0.1) is 21.5 Å². The highest BCUT2D eigenvalue weighted by molar-refractivity contribution is 6.36. The number of benzene rings is 1. The van der Waals surface area contributed by atoms with Crippen LogP contribution in [0.3, 0.4) is 0 Å². The van der Waals surface area contributed by atoms with Crippen molar-refractivity contribution in [3.05, 3.63) is 42.9 Å². The number of non-ortho nitro benzene ring substituents is 1. The molecule has 9 heteroatoms. The number of carbonyl (C=O) groups excluding carboxylic acids is 1. The summed E-state index contributed by atoms with van der Waals surface area (Å²) in [6.07, 6.45) is 3.63. The Bertz CT molecular complexity index is 613. The number of hydrogen-bond acceptors (Lipinski definition) is 5. The molecule has 8 nitrogen and oxygen atoms in total. The molecule has 0 heterocycles. The summed E-state index contributed by atoms with van der Waals surface area (Å²) >= 11 is 5.84. The van der Waals surface area contributed by atoms with E-state index in [0.717, 1.165) is 37.8 Å². The molecule has 1 aliphatic carbocycles. The number of rotatable bonds is 4. The molecular weight excluding hydrogens is 302 g/mol. The lowest BCUT2D eigenvalue weighted by Crippen LogP contribution is -2.32. The van der Waals surface area contributed by atoms with Gasteiger partial charge in [0.25, 0.3) is 17.3 Å². The first-order chi connectivity index (χ1) is 9.90. The van der Waals surface area contributed by atoms with Crippen molar-refractivity contribution < 1.29 is 14.6 Å². The van der Waals surface area contributed by atoms with E-state index in [0.29, 0.717) is 0 Å². The molecule has 2 rings (SSSR count). The van der Waals surface area contributed by atoms with E-state index in [1.165, 1.54) is 0 Å². The van der Waals surface area contributed by atoms with Gasteiger partial charge in [-0.2, -0.15) is 0 Å². The van der Waals surface area contributed by atoms with Crippen LogP contribution in [0.4, 0.5) is 11.4 Å². The van der Waals surface area contributed by atoms with Crippen molar-refractivity contribution in [1.82, 2.24) is 5.32 Å². The van der Waals surface area contributed by atoms with Gasteiger partial charge < -0.3 is 5.32 Å². The first-order valence-corrected chi connectivity index (χ1v) is 6.71. The largest absolute Gasteiger partial charge is 0.349 e. The highest BCUT2D eigenvalue weighted by Crippen LogP contribution is 2.33. The first-order valence-electron chi connectivity index (χ1n) is 6.33. The minimum atomic E-state index is -0.846. The molecule has 0 spiro atoms. The van der Waals surface area contributed by atoms with Crippen LogP contribution in [0.5, 0.6) is 0 Å². The second-order valence-electron chi connectivity index (χ2n) is 4.80. The molecule has 1 N–H and O–H groups in total. The number of nitro benzene ring substituents is 2. The number of nitrogens with one attached hydrogen (secondary N) is 1. The molecule has 1 aromatic carbocycles. The van der Waals surface area contributed by atoms with Crippen LogP contribution in [0.15, 0.2) is 12.1 Å². The maximum atomic E-state index is 12.1. The maximum Gasteiger partial charge on any atom is 0.295 e. The lowest BCUT2D eigenvalue weighted by Gasteiger charge is -2.12. The Morgan fingerprint density at radius 1 is 1.19 bits per heavy atom. The van der Waals surface area contributed by atoms with Gasteiger partial charge in [0, 0.05) is 12.1 Å². The second-order valence-corrected chi connectivity index (χ2v) is 5.17. The van der Waals surface area contributed by atoms with Crippen LogP contribution in [0.2, 0.25) is 5.02 Å². The molecule has 0 saturated heterocycles. The van der Waals surface area contributed by atoms with E-state index in [9.17, 15) is 25.0 Å². The predicted molar refractivity (Wildman–Crippen MR) is 74.5 cm³/mol. The summed E-state index contributed by atoms with van der Waals surface area (Å²) in [4.78, 5) is 32.2. The number of carbonyl (C=O) groups is 1. The van der Waals surface area contributed by atoms with Crippen molar-refractivity contribution in [3.63, 3.8) is 0 Å². The molecule has 0 aromatic heterocycles. The number of halogens is 1. The Morgan fingerprint density at radius 3 is 2.33 bits per heavy atom. The highest BCUT2D eigenvalue weighted by atomic mass is 35.5. The maximum absolute atomic E-state index is 12.1. The van der Waals surface area contributed by atoms with E-state index >= 15 is 0 Å². The van der Waals surface area contributed by atoms with Crippen LogP contribution in [0, 0.1) is 20.2 Å². The minimum Gasteiger partial charge on any atom is -0.349 e. The normalized spacial score (nSPS) is 14.9. The average molecular weight is 314 g/mol. The average Bonchev–Trinajstić information content (AvgIpc) is 2.90. The van der Waals surface area contributed by atoms with Gasteiger partial charge in [0.1, 0.15) is 5.02 Å². The van der Waals surface area contributed by atoms with Crippen LogP contribution >= 0.6 is 11.6 Å². The van der Waals surface area contributed by atoms with Gasteiger partial charge in [-0.15, -0.1) is 0 Å². The highest BCUT2D eigenvalue weighted by Gasteiger charge is 2.27. The summed E-state index contributed by atoms with van der Waals surface area (Å²) in [5.41, 5.74) is -1.44. The molecule has 1 amide bonds. The van der Waals surface area contributed by atoms with Crippen molar-refractivity contribution in [2.45, 2.75) is 31.7 Å². The van der Waals surface area contributed by atoms with Gasteiger partial charge in [-0.1, -0.05) is 24.4 Å². The molecule has 0 atom stereocenters. The smallest absolute Gasteiger partial charge is 0.295 e. The third-order valence-corrected chi connectivity index (χ3v) is 3.78. The lowest BCUT2D eigenvalue weighted by molar-refractivity contribution is -0.394. The van der Waals surface area contributed by atoms with Crippen LogP contribution in [0.25, 0.3) is 0 Å². The van der Waals surface area contributed by atoms with E-state index in [2.05, 4.69) is 5.32 Å². The van der Waals surface area contributed by atoms with Gasteiger partial charge in [0.15, 0.2) is 0 Å². The summed E-state index contributed by atoms with van der Waals surface area (Å²) in [5, 5.41) is 24.0. The predicted octanol–water partition coefficient (Wildman–Crippen LogP) is 2.83. The van der Waals surface area contributed by atoms with Crippen molar-refractivity contribution in [2.24, 2.45) is 0 Å². The van der Waals surface area contributed by atoms with Crippen molar-refractivity contribution in [2.75, 3.05) is 0 Å². The SMILES string of the molecule is O=C(NC1CCCC1)c1cc([N+](=O)[O-])cc([N+](=O)[O-])c1Cl. The lowest BCUT2D eigenvalue weighted by atomic mass is 10.1. The van der Waals surface area contributed by atoms with Gasteiger partial charge >= 0.3 is 0 Å². The molecule has 112 valence electrons. The van der Waals surface area contributed by atoms with E-state index < -0.39 is 27.1 Å². The molecule has 0 radical (unpaired) electrons. The van der Waals surface area contributed by atoms with Gasteiger partial charge in [-0.05, 0) is 12.8 Å². The minimum absolute atomic E-state index is 0.0214. The summed E-state index contributed by atoms with van der Waals surface area (Å²) in [7, 11) is 0. The fourth-order valence-corrected chi connectivity index (χ4v) is 2.60. The number of amides is 1. The topological polar surface area (TPSA) is 115 Å². The van der Waals surface area contributed by atoms with Crippen molar-refractivity contribution in [1.29, 1.82) is 0 Å². The fourth-order valence-electron chi connectivity index (χ4n) is 2.33. The monoisotopic (exact) mass is 313 g/mol. The molecule has 1 aromatic rings. The summed E-state index contributed by atoms with van der Waals surface area (Å²) in [5.74, 6) is -0.626. The zero-order valence-corrected chi connectivity index (χ0v) is 11.6. The standard InChI is InChI=1S/C12H12ClN3O5/c13-11-9(12(17)14-7-3-1-2-4-7)5-8(15(18)19)6-10(11)16(20)21/h5-7H,1-4H2,(H,14,17). The van der Waals surface area contributed by atoms with Gasteiger partial charge in [-0.3, -0.25) is 25.0 Å². The van der Waals surface area contributed by atoms with Crippen LogP contribution < -0.4 is 5.32 Å². The van der Waals surface area contributed by atoms with Crippen LogP contribution in [-0.4, -0.2) is 21.8 Å². The number of hydrogen-bond donors (Lipinski definition) is 1. The molecule has 21 heavy (non-hydrogen) atoms. The Hall–Kier alpha value is -2.22. The van der Waals surface area contributed by atoms with E-state index in [1.54, 1.807) is 0 Å². The first kappa shape index (κ1) is 15.2. The summed E-state index contributed by atoms with van der Waals surface area (Å²) in [6, 6.07) is 1.68. The van der Waals surface area contributed by atoms with E-state index in [1.807, 2.05) is 0 Å². The van der Waals surface area contributed by atoms with Gasteiger partial charge in [-0.25, -0.2) is 0 Å². The Morgan fingerprint density at radius 2 is 1.81 bits per heavy atom. The Balaban J connectivity index is 2.38. The Labute approximate surface area is 124 Å². The van der Waals surface area contributed by atoms with Gasteiger partial charge in [0.2, 0.25) is 0 Å². The number of nitrogens with zero attached hydrogens (tertiary/aromatic N) is 2. The van der Waals surface area contributed by atoms with Crippen LogP contribution in [0.1, 0.15) is 36.0 Å². The third-order valence-electron chi connectivity index (χ3n) is 3.38. The quantitative estimate of drug-likeness (QED) is 0.677. The van der Waals surface area contributed by atoms with Crippen molar-refractivity contribution >= 4 is 28.9 Å². The van der Waals surface area contributed by atoms with Crippen molar-refractivity contribution in [3.8, 4) is 0 Å². The third kappa shape index (κ3) is 3.27. The molecule has 1 saturated carbocycles. The van der Waals surface area contributed by atoms with E-state index in [-0.39, 0.29) is 16.6 Å². The summed E-state index contributed by atoms with van der Waals surface area (Å²) in [6.45, 7) is 0. The Kier molecular flexibility index (Phi) is 4.37. The molecule has 0 aliphatic heterocycles. The number of nitro groups is 2. The molecule has 0 bridgehead atoms. The molecule has 1 fully saturated rings. The molecular formula is C12H12ClN3O5. The zero-order valence-electron chi connectivity index (χ0n) is 10.9. The van der Waals surface area contributed by atoms with E-state index in [4.69, 9.17) is 11.6 Å². The summed E-state index contributed by atoms with van der Waals surface area (Å²) < 4.78 is 0. The molecule has 1 aliphatic rings. The molecule has 0 unspecified atom stereocenters. The van der Waals surface area contributed by atoms with Crippen LogP contribution in [-0.2, 0) is 0 Å².